The second kappa shape index (κ2) is 6.36. The highest BCUT2D eigenvalue weighted by atomic mass is 32.1. The first kappa shape index (κ1) is 17.8. The lowest BCUT2D eigenvalue weighted by molar-refractivity contribution is -0.200. The number of imidazole rings is 1. The van der Waals surface area contributed by atoms with Crippen molar-refractivity contribution >= 4 is 28.3 Å². The van der Waals surface area contributed by atoms with Gasteiger partial charge in [0.1, 0.15) is 22.6 Å². The Bertz CT molecular complexity index is 1010. The normalized spacial score (nSPS) is 21.8. The van der Waals surface area contributed by atoms with Gasteiger partial charge in [-0.25, -0.2) is 9.97 Å². The van der Waals surface area contributed by atoms with Crippen LogP contribution in [0.4, 0.5) is 14.7 Å². The summed E-state index contributed by atoms with van der Waals surface area (Å²) in [5.74, 6) is 0.697. The Labute approximate surface area is 163 Å². The topological polar surface area (TPSA) is 75.4 Å². The van der Waals surface area contributed by atoms with Crippen molar-refractivity contribution < 1.29 is 18.6 Å². The summed E-state index contributed by atoms with van der Waals surface area (Å²) in [6.45, 7) is 0.251. The Hall–Kier alpha value is -2.30. The van der Waals surface area contributed by atoms with E-state index in [-0.39, 0.29) is 5.75 Å². The van der Waals surface area contributed by atoms with Gasteiger partial charge in [0, 0.05) is 49.4 Å². The molecule has 148 valence electrons. The lowest BCUT2D eigenvalue weighted by Gasteiger charge is -2.48. The average molecular weight is 407 g/mol. The van der Waals surface area contributed by atoms with Gasteiger partial charge in [0.2, 0.25) is 5.95 Å². The Morgan fingerprint density at radius 1 is 1.36 bits per heavy atom. The number of aliphatic hydroxyl groups excluding tert-OH is 1. The number of nitrogens with one attached hydrogen (secondary N) is 1. The quantitative estimate of drug-likeness (QED) is 0.676. The van der Waals surface area contributed by atoms with Crippen LogP contribution in [0.25, 0.3) is 21.6 Å². The molecular formula is C18H19F2N5O2S. The highest BCUT2D eigenvalue weighted by Gasteiger charge is 2.38. The number of hydrogen-bond donors (Lipinski definition) is 2. The van der Waals surface area contributed by atoms with Crippen molar-refractivity contribution in [1.82, 2.24) is 19.9 Å². The number of alkyl halides is 2. The van der Waals surface area contributed by atoms with Gasteiger partial charge in [-0.15, -0.1) is 11.3 Å². The standard InChI is InChI=1S/C18H19F2N5O2S/c1-24-15-13(27-18(19,20)9-26)3-2-12(16-21-4-5-28-16)14(15)23-17(24)25-7-10-6-11(8-25)22-10/h2-5,10-11,22,26H,6-9H2,1H3. The second-order valence-corrected chi connectivity index (χ2v) is 8.11. The van der Waals surface area contributed by atoms with Crippen LogP contribution in [0.3, 0.4) is 0 Å². The molecule has 7 nitrogen and oxygen atoms in total. The fraction of sp³-hybridized carbons (Fsp3) is 0.444. The fourth-order valence-corrected chi connectivity index (χ4v) is 4.70. The molecule has 0 saturated carbocycles. The van der Waals surface area contributed by atoms with Crippen molar-refractivity contribution in [2.24, 2.45) is 7.05 Å². The first-order valence-electron chi connectivity index (χ1n) is 9.03. The van der Waals surface area contributed by atoms with Crippen LogP contribution in [-0.4, -0.2) is 57.5 Å². The maximum atomic E-state index is 13.8. The predicted molar refractivity (Wildman–Crippen MR) is 102 cm³/mol. The number of aliphatic hydroxyl groups is 1. The van der Waals surface area contributed by atoms with E-state index in [1.165, 1.54) is 17.4 Å². The molecular weight excluding hydrogens is 388 g/mol. The Balaban J connectivity index is 1.66. The molecule has 2 aromatic heterocycles. The number of ether oxygens (including phenoxy) is 1. The summed E-state index contributed by atoms with van der Waals surface area (Å²) in [5, 5.41) is 15.0. The zero-order valence-corrected chi connectivity index (χ0v) is 15.9. The molecule has 3 aliphatic rings. The fourth-order valence-electron chi connectivity index (χ4n) is 4.04. The number of piperidine rings is 1. The lowest BCUT2D eigenvalue weighted by atomic mass is 9.92. The molecule has 2 atom stereocenters. The second-order valence-electron chi connectivity index (χ2n) is 7.22. The van der Waals surface area contributed by atoms with Crippen molar-refractivity contribution in [2.45, 2.75) is 24.6 Å². The molecule has 0 spiro atoms. The summed E-state index contributed by atoms with van der Waals surface area (Å²) in [7, 11) is 1.80. The van der Waals surface area contributed by atoms with E-state index in [0.29, 0.717) is 29.1 Å². The van der Waals surface area contributed by atoms with Gasteiger partial charge >= 0.3 is 6.11 Å². The van der Waals surface area contributed by atoms with Gasteiger partial charge in [0.15, 0.2) is 5.75 Å². The van der Waals surface area contributed by atoms with E-state index >= 15 is 0 Å². The van der Waals surface area contributed by atoms with Gasteiger partial charge in [0.25, 0.3) is 0 Å². The minimum atomic E-state index is -3.67. The SMILES string of the molecule is Cn1c(N2CC3CC(C2)N3)nc2c(-c3nccs3)ccc(OC(F)(F)CO)c21. The van der Waals surface area contributed by atoms with E-state index in [1.54, 1.807) is 23.9 Å². The van der Waals surface area contributed by atoms with E-state index in [1.807, 2.05) is 5.38 Å². The van der Waals surface area contributed by atoms with Gasteiger partial charge in [0.05, 0.1) is 0 Å². The summed E-state index contributed by atoms with van der Waals surface area (Å²) in [4.78, 5) is 11.3. The van der Waals surface area contributed by atoms with E-state index in [4.69, 9.17) is 14.8 Å². The molecule has 0 amide bonds. The number of thiazole rings is 1. The molecule has 10 heteroatoms. The molecule has 3 aromatic rings. The summed E-state index contributed by atoms with van der Waals surface area (Å²) in [6, 6.07) is 4.05. The number of benzene rings is 1. The van der Waals surface area contributed by atoms with Gasteiger partial charge in [-0.3, -0.25) is 0 Å². The predicted octanol–water partition coefficient (Wildman–Crippen LogP) is 2.21. The molecule has 2 bridgehead atoms. The van der Waals surface area contributed by atoms with Crippen molar-refractivity contribution in [1.29, 1.82) is 0 Å². The molecule has 2 N–H and O–H groups in total. The highest BCUT2D eigenvalue weighted by molar-refractivity contribution is 7.13. The Kier molecular flexibility index (Phi) is 4.04. The minimum Gasteiger partial charge on any atom is -0.429 e. The first-order chi connectivity index (χ1) is 13.4. The lowest BCUT2D eigenvalue weighted by Crippen LogP contribution is -2.67. The van der Waals surface area contributed by atoms with Crippen molar-refractivity contribution in [3.05, 3.63) is 23.7 Å². The number of rotatable bonds is 5. The van der Waals surface area contributed by atoms with Crippen molar-refractivity contribution in [2.75, 3.05) is 24.6 Å². The number of anilines is 1. The average Bonchev–Trinajstić information content (AvgIpc) is 3.30. The molecule has 28 heavy (non-hydrogen) atoms. The van der Waals surface area contributed by atoms with Crippen LogP contribution in [0.5, 0.6) is 5.75 Å². The largest absolute Gasteiger partial charge is 0.429 e. The molecule has 3 fully saturated rings. The summed E-state index contributed by atoms with van der Waals surface area (Å²) >= 11 is 1.46. The Morgan fingerprint density at radius 3 is 2.75 bits per heavy atom. The van der Waals surface area contributed by atoms with Gasteiger partial charge < -0.3 is 24.6 Å². The third-order valence-electron chi connectivity index (χ3n) is 5.27. The van der Waals surface area contributed by atoms with Gasteiger partial charge in [-0.05, 0) is 18.6 Å². The van der Waals surface area contributed by atoms with Crippen molar-refractivity contribution in [3.8, 4) is 16.3 Å². The zero-order chi connectivity index (χ0) is 19.5. The molecule has 0 radical (unpaired) electrons. The monoisotopic (exact) mass is 407 g/mol. The summed E-state index contributed by atoms with van der Waals surface area (Å²) in [6.07, 6.45) is -0.817. The highest BCUT2D eigenvalue weighted by Crippen LogP contribution is 2.39. The number of nitrogens with zero attached hydrogens (tertiary/aromatic N) is 4. The summed E-state index contributed by atoms with van der Waals surface area (Å²) in [5.41, 5.74) is 1.79. The van der Waals surface area contributed by atoms with Crippen LogP contribution in [0.1, 0.15) is 6.42 Å². The van der Waals surface area contributed by atoms with E-state index in [2.05, 4.69) is 15.2 Å². The van der Waals surface area contributed by atoms with E-state index in [0.717, 1.165) is 30.1 Å². The van der Waals surface area contributed by atoms with E-state index in [9.17, 15) is 8.78 Å². The Morgan fingerprint density at radius 2 is 2.11 bits per heavy atom. The molecule has 5 heterocycles. The molecule has 2 unspecified atom stereocenters. The van der Waals surface area contributed by atoms with Crippen LogP contribution in [0.15, 0.2) is 23.7 Å². The molecule has 6 rings (SSSR count). The number of hydrogen-bond acceptors (Lipinski definition) is 7. The van der Waals surface area contributed by atoms with Crippen molar-refractivity contribution in [3.63, 3.8) is 0 Å². The first-order valence-corrected chi connectivity index (χ1v) is 9.91. The minimum absolute atomic E-state index is 0.0177. The summed E-state index contributed by atoms with van der Waals surface area (Å²) < 4.78 is 34.2. The number of halogens is 2. The molecule has 1 aromatic carbocycles. The number of fused-ring (bicyclic) bond motifs is 3. The van der Waals surface area contributed by atoms with Crippen LogP contribution in [0.2, 0.25) is 0 Å². The van der Waals surface area contributed by atoms with E-state index < -0.39 is 12.7 Å². The van der Waals surface area contributed by atoms with Crippen LogP contribution in [-0.2, 0) is 7.05 Å². The maximum Gasteiger partial charge on any atom is 0.421 e. The number of piperazine rings is 1. The number of aromatic nitrogens is 3. The van der Waals surface area contributed by atoms with Gasteiger partial charge in [-0.2, -0.15) is 8.78 Å². The smallest absolute Gasteiger partial charge is 0.421 e. The maximum absolute atomic E-state index is 13.8. The van der Waals surface area contributed by atoms with Gasteiger partial charge in [-0.1, -0.05) is 0 Å². The zero-order valence-electron chi connectivity index (χ0n) is 15.1. The molecule has 0 aliphatic carbocycles. The van der Waals surface area contributed by atoms with Crippen LogP contribution < -0.4 is 15.0 Å². The third kappa shape index (κ3) is 2.83. The molecule has 3 saturated heterocycles. The van der Waals surface area contributed by atoms with Crippen LogP contribution >= 0.6 is 11.3 Å². The molecule has 3 aliphatic heterocycles. The third-order valence-corrected chi connectivity index (χ3v) is 6.08. The number of aryl methyl sites for hydroxylation is 1. The van der Waals surface area contributed by atoms with Crippen LogP contribution in [0, 0.1) is 0 Å².